The zero-order valence-electron chi connectivity index (χ0n) is 19.3. The Morgan fingerprint density at radius 2 is 1.61 bits per heavy atom. The summed E-state index contributed by atoms with van der Waals surface area (Å²) < 4.78 is 5.56. The number of rotatable bonds is 7. The van der Waals surface area contributed by atoms with Gasteiger partial charge in [0.05, 0.1) is 5.41 Å². The van der Waals surface area contributed by atoms with Crippen LogP contribution in [0.25, 0.3) is 11.1 Å². The van der Waals surface area contributed by atoms with Crippen molar-refractivity contribution in [3.8, 4) is 11.1 Å². The van der Waals surface area contributed by atoms with Gasteiger partial charge in [-0.3, -0.25) is 9.59 Å². The highest BCUT2D eigenvalue weighted by Gasteiger charge is 2.47. The van der Waals surface area contributed by atoms with E-state index in [4.69, 9.17) is 4.74 Å². The van der Waals surface area contributed by atoms with Crippen molar-refractivity contribution >= 4 is 18.0 Å². The third-order valence-electron chi connectivity index (χ3n) is 6.63. The van der Waals surface area contributed by atoms with Crippen LogP contribution in [-0.2, 0) is 14.3 Å². The second-order valence-electron chi connectivity index (χ2n) is 10.1. The van der Waals surface area contributed by atoms with E-state index in [1.807, 2.05) is 38.1 Å². The van der Waals surface area contributed by atoms with Crippen LogP contribution in [0.2, 0.25) is 0 Å². The van der Waals surface area contributed by atoms with Crippen LogP contribution in [0.5, 0.6) is 0 Å². The summed E-state index contributed by atoms with van der Waals surface area (Å²) in [7, 11) is 0. The number of aliphatic carboxylic acids is 1. The van der Waals surface area contributed by atoms with Crippen LogP contribution >= 0.6 is 0 Å². The maximum Gasteiger partial charge on any atom is 0.407 e. The number of amides is 2. The van der Waals surface area contributed by atoms with Crippen LogP contribution in [0.15, 0.2) is 48.5 Å². The molecule has 0 bridgehead atoms. The number of carboxylic acids is 1. The van der Waals surface area contributed by atoms with Gasteiger partial charge in [-0.05, 0) is 34.6 Å². The molecule has 0 aromatic heterocycles. The number of carboxylic acid groups (broad SMARTS) is 1. The van der Waals surface area contributed by atoms with Crippen LogP contribution < -0.4 is 5.32 Å². The average Bonchev–Trinajstić information content (AvgIpc) is 3.07. The highest BCUT2D eigenvalue weighted by molar-refractivity contribution is 5.83. The first-order valence-corrected chi connectivity index (χ1v) is 11.2. The molecule has 4 rings (SSSR count). The van der Waals surface area contributed by atoms with Gasteiger partial charge in [0.25, 0.3) is 0 Å². The molecule has 1 fully saturated rings. The minimum Gasteiger partial charge on any atom is -0.481 e. The molecule has 2 N–H and O–H groups in total. The third-order valence-corrected chi connectivity index (χ3v) is 6.63. The number of nitrogens with one attached hydrogen (secondary N) is 1. The molecule has 1 aliphatic carbocycles. The predicted octanol–water partition coefficient (Wildman–Crippen LogP) is 3.87. The van der Waals surface area contributed by atoms with E-state index in [0.717, 1.165) is 11.1 Å². The van der Waals surface area contributed by atoms with E-state index in [9.17, 15) is 19.5 Å². The fraction of sp³-hybridized carbons (Fsp3) is 0.423. The molecule has 1 heterocycles. The Hall–Kier alpha value is -3.35. The van der Waals surface area contributed by atoms with Crippen LogP contribution in [0.3, 0.4) is 0 Å². The van der Waals surface area contributed by atoms with Crippen molar-refractivity contribution in [3.05, 3.63) is 59.7 Å². The molecule has 7 heteroatoms. The second kappa shape index (κ2) is 8.54. The molecule has 0 saturated carbocycles. The van der Waals surface area contributed by atoms with Gasteiger partial charge in [0.1, 0.15) is 6.61 Å². The van der Waals surface area contributed by atoms with E-state index in [1.165, 1.54) is 11.1 Å². The number of fused-ring (bicyclic) bond motifs is 3. The largest absolute Gasteiger partial charge is 0.481 e. The Bertz CT molecular complexity index is 1040. The minimum atomic E-state index is -0.886. The molecule has 2 amide bonds. The number of carbonyl (C=O) groups is 3. The summed E-state index contributed by atoms with van der Waals surface area (Å²) in [5, 5.41) is 12.0. The van der Waals surface area contributed by atoms with Crippen LogP contribution in [0.1, 0.15) is 44.2 Å². The maximum atomic E-state index is 12.5. The fourth-order valence-corrected chi connectivity index (χ4v) is 4.65. The van der Waals surface area contributed by atoms with Gasteiger partial charge in [0.15, 0.2) is 0 Å². The molecule has 2 aromatic rings. The summed E-state index contributed by atoms with van der Waals surface area (Å²) in [6, 6.07) is 16.3. The lowest BCUT2D eigenvalue weighted by molar-refractivity contribution is -0.164. The quantitative estimate of drug-likeness (QED) is 0.668. The van der Waals surface area contributed by atoms with Gasteiger partial charge in [-0.25, -0.2) is 4.79 Å². The lowest BCUT2D eigenvalue weighted by atomic mass is 9.80. The van der Waals surface area contributed by atoms with Crippen LogP contribution in [0, 0.1) is 10.8 Å². The summed E-state index contributed by atoms with van der Waals surface area (Å²) in [4.78, 5) is 37.7. The Morgan fingerprint density at radius 1 is 1.06 bits per heavy atom. The number of hydrogen-bond donors (Lipinski definition) is 2. The Balaban J connectivity index is 1.28. The molecule has 1 aliphatic heterocycles. The Kier molecular flexibility index (Phi) is 5.91. The zero-order chi connectivity index (χ0) is 23.8. The highest BCUT2D eigenvalue weighted by atomic mass is 16.5. The molecule has 33 heavy (non-hydrogen) atoms. The standard InChI is InChI=1S/C26H30N2O5/c1-25(2,12-22(29)28-15-26(3,16-28)23(30)31)14-27-24(32)33-13-21-19-10-6-4-8-17(19)18-9-5-7-11-20(18)21/h4-11,21H,12-16H2,1-3H3,(H,27,32)(H,30,31). The SMILES string of the molecule is CC(C)(CNC(=O)OCC1c2ccccc2-c2ccccc21)CC(=O)N1CC(C)(C(=O)O)C1. The fourth-order valence-electron chi connectivity index (χ4n) is 4.65. The number of nitrogens with zero attached hydrogens (tertiary/aromatic N) is 1. The Labute approximate surface area is 193 Å². The summed E-state index contributed by atoms with van der Waals surface area (Å²) in [6.45, 7) is 6.38. The first-order chi connectivity index (χ1) is 15.6. The number of benzene rings is 2. The van der Waals surface area contributed by atoms with Crippen molar-refractivity contribution < 1.29 is 24.2 Å². The lowest BCUT2D eigenvalue weighted by Gasteiger charge is -2.45. The lowest BCUT2D eigenvalue weighted by Crippen LogP contribution is -2.61. The van der Waals surface area contributed by atoms with Crippen molar-refractivity contribution in [2.24, 2.45) is 10.8 Å². The molecular formula is C26H30N2O5. The van der Waals surface area contributed by atoms with Crippen molar-refractivity contribution in [3.63, 3.8) is 0 Å². The minimum absolute atomic E-state index is 0.00676. The monoisotopic (exact) mass is 450 g/mol. The van der Waals surface area contributed by atoms with Gasteiger partial charge >= 0.3 is 12.1 Å². The van der Waals surface area contributed by atoms with Gasteiger partial charge in [-0.2, -0.15) is 0 Å². The van der Waals surface area contributed by atoms with Crippen LogP contribution in [-0.4, -0.2) is 54.2 Å². The second-order valence-corrected chi connectivity index (χ2v) is 10.1. The molecule has 2 aliphatic rings. The van der Waals surface area contributed by atoms with Crippen molar-refractivity contribution in [1.29, 1.82) is 0 Å². The molecule has 2 aromatic carbocycles. The van der Waals surface area contributed by atoms with E-state index in [2.05, 4.69) is 29.6 Å². The summed E-state index contributed by atoms with van der Waals surface area (Å²) >= 11 is 0. The normalized spacial score (nSPS) is 16.4. The van der Waals surface area contributed by atoms with Gasteiger partial charge in [0, 0.05) is 32.0 Å². The smallest absolute Gasteiger partial charge is 0.407 e. The van der Waals surface area contributed by atoms with Crippen molar-refractivity contribution in [1.82, 2.24) is 10.2 Å². The van der Waals surface area contributed by atoms with Gasteiger partial charge in [-0.15, -0.1) is 0 Å². The first kappa shape index (κ1) is 22.8. The first-order valence-electron chi connectivity index (χ1n) is 11.2. The summed E-state index contributed by atoms with van der Waals surface area (Å²) in [5.74, 6) is -0.997. The van der Waals surface area contributed by atoms with Crippen molar-refractivity contribution in [2.75, 3.05) is 26.2 Å². The van der Waals surface area contributed by atoms with Gasteiger partial charge in [-0.1, -0.05) is 62.4 Å². The van der Waals surface area contributed by atoms with E-state index in [0.29, 0.717) is 0 Å². The molecule has 0 radical (unpaired) electrons. The van der Waals surface area contributed by atoms with Gasteiger partial charge in [0.2, 0.25) is 5.91 Å². The number of hydrogen-bond acceptors (Lipinski definition) is 4. The molecule has 0 unspecified atom stereocenters. The third kappa shape index (κ3) is 4.58. The maximum absolute atomic E-state index is 12.5. The molecule has 1 saturated heterocycles. The summed E-state index contributed by atoms with van der Waals surface area (Å²) in [6.07, 6.45) is -0.299. The Morgan fingerprint density at radius 3 is 2.15 bits per heavy atom. The zero-order valence-corrected chi connectivity index (χ0v) is 19.3. The topological polar surface area (TPSA) is 95.9 Å². The molecule has 7 nitrogen and oxygen atoms in total. The number of ether oxygens (including phenoxy) is 1. The van der Waals surface area contributed by atoms with Crippen LogP contribution in [0.4, 0.5) is 4.79 Å². The number of carbonyl (C=O) groups excluding carboxylic acids is 2. The summed E-state index contributed by atoms with van der Waals surface area (Å²) in [5.41, 5.74) is 3.30. The van der Waals surface area contributed by atoms with E-state index in [-0.39, 0.29) is 44.5 Å². The van der Waals surface area contributed by atoms with E-state index in [1.54, 1.807) is 11.8 Å². The van der Waals surface area contributed by atoms with Gasteiger partial charge < -0.3 is 20.1 Å². The molecule has 0 atom stereocenters. The average molecular weight is 451 g/mol. The van der Waals surface area contributed by atoms with Crippen molar-refractivity contribution in [2.45, 2.75) is 33.1 Å². The number of likely N-dealkylation sites (tertiary alicyclic amines) is 1. The molecular weight excluding hydrogens is 420 g/mol. The highest BCUT2D eigenvalue weighted by Crippen LogP contribution is 2.44. The molecule has 174 valence electrons. The van der Waals surface area contributed by atoms with E-state index >= 15 is 0 Å². The predicted molar refractivity (Wildman–Crippen MR) is 124 cm³/mol. The molecule has 0 spiro atoms. The van der Waals surface area contributed by atoms with E-state index < -0.39 is 22.9 Å². The number of alkyl carbamates (subject to hydrolysis) is 1.